The van der Waals surface area contributed by atoms with Crippen molar-refractivity contribution in [3.63, 3.8) is 0 Å². The summed E-state index contributed by atoms with van der Waals surface area (Å²) < 4.78 is 4.66. The van der Waals surface area contributed by atoms with Gasteiger partial charge in [0.15, 0.2) is 0 Å². The maximum Gasteiger partial charge on any atom is 0.411 e. The fourth-order valence-corrected chi connectivity index (χ4v) is 1.37. The molecule has 0 unspecified atom stereocenters. The van der Waals surface area contributed by atoms with Crippen LogP contribution in [0.2, 0.25) is 0 Å². The topological polar surface area (TPSA) is 38.3 Å². The lowest BCUT2D eigenvalue weighted by atomic mass is 10.4. The number of carbonyl (C=O) groups excluding carboxylic acids is 1. The van der Waals surface area contributed by atoms with E-state index in [-0.39, 0.29) is 0 Å². The van der Waals surface area contributed by atoms with E-state index in [4.69, 9.17) is 0 Å². The molecule has 4 heteroatoms. The van der Waals surface area contributed by atoms with Gasteiger partial charge in [-0.2, -0.15) is 0 Å². The lowest BCUT2D eigenvalue weighted by molar-refractivity contribution is 0.156. The molecule has 0 aromatic carbocycles. The van der Waals surface area contributed by atoms with Gasteiger partial charge >= 0.3 is 6.09 Å². The van der Waals surface area contributed by atoms with Gasteiger partial charge in [-0.15, -0.1) is 11.3 Å². The molecule has 0 atom stereocenters. The van der Waals surface area contributed by atoms with E-state index in [0.29, 0.717) is 6.61 Å². The first kappa shape index (κ1) is 9.80. The van der Waals surface area contributed by atoms with Crippen molar-refractivity contribution < 1.29 is 9.53 Å². The molecule has 0 aliphatic rings. The third-order valence-electron chi connectivity index (χ3n) is 1.27. The molecular formula is C9H11NO2S. The number of amides is 1. The average Bonchev–Trinajstić information content (AvgIpc) is 2.57. The molecule has 1 aromatic heterocycles. The van der Waals surface area contributed by atoms with Crippen LogP contribution in [-0.4, -0.2) is 12.7 Å². The molecule has 0 radical (unpaired) electrons. The van der Waals surface area contributed by atoms with Gasteiger partial charge in [-0.05, 0) is 24.4 Å². The summed E-state index contributed by atoms with van der Waals surface area (Å²) in [6.07, 6.45) is 2.97. The van der Waals surface area contributed by atoms with Crippen LogP contribution in [0.3, 0.4) is 0 Å². The largest absolute Gasteiger partial charge is 0.450 e. The molecule has 1 N–H and O–H groups in total. The van der Waals surface area contributed by atoms with E-state index in [9.17, 15) is 4.79 Å². The van der Waals surface area contributed by atoms with Crippen molar-refractivity contribution >= 4 is 23.5 Å². The van der Waals surface area contributed by atoms with Crippen LogP contribution in [0.25, 0.3) is 6.08 Å². The summed E-state index contributed by atoms with van der Waals surface area (Å²) in [4.78, 5) is 11.9. The minimum Gasteiger partial charge on any atom is -0.450 e. The maximum absolute atomic E-state index is 10.8. The zero-order chi connectivity index (χ0) is 9.52. The quantitative estimate of drug-likeness (QED) is 0.808. The molecule has 13 heavy (non-hydrogen) atoms. The minimum atomic E-state index is -0.421. The molecule has 1 amide bonds. The van der Waals surface area contributed by atoms with E-state index >= 15 is 0 Å². The van der Waals surface area contributed by atoms with Crippen LogP contribution in [0.4, 0.5) is 4.79 Å². The Kier molecular flexibility index (Phi) is 4.05. The number of hydrogen-bond acceptors (Lipinski definition) is 3. The zero-order valence-electron chi connectivity index (χ0n) is 7.32. The Morgan fingerprint density at radius 3 is 3.23 bits per heavy atom. The monoisotopic (exact) mass is 197 g/mol. The van der Waals surface area contributed by atoms with E-state index in [2.05, 4.69) is 10.1 Å². The van der Waals surface area contributed by atoms with Gasteiger partial charge < -0.3 is 4.74 Å². The molecule has 1 rings (SSSR count). The van der Waals surface area contributed by atoms with Gasteiger partial charge in [0.1, 0.15) is 0 Å². The van der Waals surface area contributed by atoms with E-state index in [1.54, 1.807) is 24.5 Å². The van der Waals surface area contributed by atoms with Gasteiger partial charge in [0.05, 0.1) is 6.61 Å². The smallest absolute Gasteiger partial charge is 0.411 e. The molecule has 0 saturated carbocycles. The van der Waals surface area contributed by atoms with Crippen molar-refractivity contribution in [3.8, 4) is 0 Å². The number of carbonyl (C=O) groups is 1. The van der Waals surface area contributed by atoms with Crippen LogP contribution in [0.1, 0.15) is 11.8 Å². The average molecular weight is 197 g/mol. The highest BCUT2D eigenvalue weighted by molar-refractivity contribution is 7.10. The Labute approximate surface area is 81.0 Å². The van der Waals surface area contributed by atoms with Crippen LogP contribution in [-0.2, 0) is 4.74 Å². The van der Waals surface area contributed by atoms with Crippen LogP contribution < -0.4 is 5.32 Å². The van der Waals surface area contributed by atoms with Crippen molar-refractivity contribution in [1.29, 1.82) is 0 Å². The normalized spacial score (nSPS) is 10.2. The van der Waals surface area contributed by atoms with Gasteiger partial charge in [0, 0.05) is 11.1 Å². The van der Waals surface area contributed by atoms with E-state index in [1.165, 1.54) is 0 Å². The minimum absolute atomic E-state index is 0.388. The molecule has 0 spiro atoms. The first-order valence-corrected chi connectivity index (χ1v) is 4.84. The molecule has 0 saturated heterocycles. The first-order chi connectivity index (χ1) is 6.33. The van der Waals surface area contributed by atoms with Crippen molar-refractivity contribution in [2.75, 3.05) is 6.61 Å². The van der Waals surface area contributed by atoms with E-state index in [0.717, 1.165) is 4.88 Å². The first-order valence-electron chi connectivity index (χ1n) is 3.96. The highest BCUT2D eigenvalue weighted by atomic mass is 32.1. The maximum atomic E-state index is 10.8. The summed E-state index contributed by atoms with van der Waals surface area (Å²) in [6.45, 7) is 2.15. The number of hydrogen-bond donors (Lipinski definition) is 1. The standard InChI is InChI=1S/C9H11NO2S/c1-2-12-9(11)10-6-5-8-4-3-7-13-8/h3-7H,2H2,1H3,(H,10,11)/b6-5+. The Balaban J connectivity index is 2.30. The second kappa shape index (κ2) is 5.37. The Hall–Kier alpha value is -1.29. The molecule has 3 nitrogen and oxygen atoms in total. The fourth-order valence-electron chi connectivity index (χ4n) is 0.751. The Morgan fingerprint density at radius 2 is 2.62 bits per heavy atom. The van der Waals surface area contributed by atoms with Gasteiger partial charge in [-0.1, -0.05) is 6.07 Å². The lowest BCUT2D eigenvalue weighted by Gasteiger charge is -1.98. The van der Waals surface area contributed by atoms with Crippen LogP contribution in [0.5, 0.6) is 0 Å². The van der Waals surface area contributed by atoms with Crippen LogP contribution in [0.15, 0.2) is 23.7 Å². The molecule has 1 heterocycles. The SMILES string of the molecule is CCOC(=O)N/C=C/c1cccs1. The second-order valence-electron chi connectivity index (χ2n) is 2.21. The molecule has 0 aliphatic carbocycles. The zero-order valence-corrected chi connectivity index (χ0v) is 8.14. The van der Waals surface area contributed by atoms with Gasteiger partial charge in [-0.25, -0.2) is 4.79 Å². The third-order valence-corrected chi connectivity index (χ3v) is 2.10. The summed E-state index contributed by atoms with van der Waals surface area (Å²) in [5.41, 5.74) is 0. The number of alkyl carbamates (subject to hydrolysis) is 1. The fraction of sp³-hybridized carbons (Fsp3) is 0.222. The summed E-state index contributed by atoms with van der Waals surface area (Å²) in [5.74, 6) is 0. The Bertz CT molecular complexity index is 280. The van der Waals surface area contributed by atoms with Crippen molar-refractivity contribution in [3.05, 3.63) is 28.6 Å². The predicted molar refractivity (Wildman–Crippen MR) is 53.5 cm³/mol. The number of thiophene rings is 1. The number of ether oxygens (including phenoxy) is 1. The molecule has 0 bridgehead atoms. The van der Waals surface area contributed by atoms with Crippen molar-refractivity contribution in [2.24, 2.45) is 0 Å². The third kappa shape index (κ3) is 3.75. The molecule has 1 aromatic rings. The van der Waals surface area contributed by atoms with E-state index in [1.807, 2.05) is 23.6 Å². The predicted octanol–water partition coefficient (Wildman–Crippen LogP) is 2.46. The number of nitrogens with one attached hydrogen (secondary N) is 1. The van der Waals surface area contributed by atoms with Crippen LogP contribution in [0, 0.1) is 0 Å². The van der Waals surface area contributed by atoms with Crippen molar-refractivity contribution in [2.45, 2.75) is 6.92 Å². The summed E-state index contributed by atoms with van der Waals surface area (Å²) in [6, 6.07) is 3.92. The van der Waals surface area contributed by atoms with E-state index < -0.39 is 6.09 Å². The van der Waals surface area contributed by atoms with Gasteiger partial charge in [0.2, 0.25) is 0 Å². The molecule has 0 aliphatic heterocycles. The molecular weight excluding hydrogens is 186 g/mol. The second-order valence-corrected chi connectivity index (χ2v) is 3.19. The number of rotatable bonds is 3. The van der Waals surface area contributed by atoms with Gasteiger partial charge in [0.25, 0.3) is 0 Å². The van der Waals surface area contributed by atoms with Crippen LogP contribution >= 0.6 is 11.3 Å². The lowest BCUT2D eigenvalue weighted by Crippen LogP contribution is -2.17. The highest BCUT2D eigenvalue weighted by Gasteiger charge is 1.93. The summed E-state index contributed by atoms with van der Waals surface area (Å²) >= 11 is 1.61. The highest BCUT2D eigenvalue weighted by Crippen LogP contribution is 2.09. The Morgan fingerprint density at radius 1 is 1.77 bits per heavy atom. The molecule has 70 valence electrons. The summed E-state index contributed by atoms with van der Waals surface area (Å²) in [5, 5.41) is 4.46. The van der Waals surface area contributed by atoms with Crippen molar-refractivity contribution in [1.82, 2.24) is 5.32 Å². The molecule has 0 fully saturated rings. The van der Waals surface area contributed by atoms with Gasteiger partial charge in [-0.3, -0.25) is 5.32 Å². The summed E-state index contributed by atoms with van der Waals surface area (Å²) in [7, 11) is 0.